The van der Waals surface area contributed by atoms with Crippen LogP contribution in [0, 0.1) is 5.92 Å². The van der Waals surface area contributed by atoms with E-state index in [1.807, 2.05) is 0 Å². The van der Waals surface area contributed by atoms with Crippen molar-refractivity contribution in [3.8, 4) is 0 Å². The molecule has 0 fully saturated rings. The Hall–Kier alpha value is -2.66. The lowest BCUT2D eigenvalue weighted by Crippen LogP contribution is -2.50. The normalized spacial score (nSPS) is 11.8. The van der Waals surface area contributed by atoms with E-state index in [1.165, 1.54) is 12.1 Å². The van der Waals surface area contributed by atoms with Crippen molar-refractivity contribution in [2.24, 2.45) is 5.92 Å². The number of Topliss-reactive ketones (excluding diaryl/α,β-unsaturated/α-hetero) is 1. The molecule has 1 N–H and O–H groups in total. The van der Waals surface area contributed by atoms with Crippen molar-refractivity contribution in [2.75, 3.05) is 6.54 Å². The van der Waals surface area contributed by atoms with Gasteiger partial charge in [-0.1, -0.05) is 55.8 Å². The first kappa shape index (κ1) is 19.7. The van der Waals surface area contributed by atoms with Gasteiger partial charge >= 0.3 is 5.97 Å². The summed E-state index contributed by atoms with van der Waals surface area (Å²) < 4.78 is 0. The topological polar surface area (TPSA) is 74.7 Å². The molecular formula is C20H20ClNO4. The maximum Gasteiger partial charge on any atom is 0.326 e. The first-order chi connectivity index (χ1) is 12.3. The summed E-state index contributed by atoms with van der Waals surface area (Å²) in [5, 5.41) is 10.1. The second-order valence-electron chi connectivity index (χ2n) is 6.26. The first-order valence-corrected chi connectivity index (χ1v) is 8.56. The zero-order valence-electron chi connectivity index (χ0n) is 14.6. The van der Waals surface area contributed by atoms with Gasteiger partial charge in [-0.3, -0.25) is 9.59 Å². The summed E-state index contributed by atoms with van der Waals surface area (Å²) in [6.45, 7) is 3.09. The van der Waals surface area contributed by atoms with Crippen LogP contribution in [0.4, 0.5) is 0 Å². The molecule has 0 aromatic heterocycles. The number of aliphatic carboxylic acids is 1. The molecular weight excluding hydrogens is 354 g/mol. The molecule has 0 saturated carbocycles. The number of benzene rings is 2. The van der Waals surface area contributed by atoms with Crippen molar-refractivity contribution in [1.82, 2.24) is 4.90 Å². The predicted molar refractivity (Wildman–Crippen MR) is 99.5 cm³/mol. The summed E-state index contributed by atoms with van der Waals surface area (Å²) in [5.41, 5.74) is 0.705. The molecule has 0 aliphatic heterocycles. The Kier molecular flexibility index (Phi) is 6.52. The number of carboxylic acid groups (broad SMARTS) is 1. The van der Waals surface area contributed by atoms with Gasteiger partial charge in [-0.05, 0) is 30.2 Å². The lowest BCUT2D eigenvalue weighted by atomic mass is 10.00. The largest absolute Gasteiger partial charge is 0.480 e. The van der Waals surface area contributed by atoms with Crippen LogP contribution >= 0.6 is 11.6 Å². The van der Waals surface area contributed by atoms with Crippen LogP contribution in [0.5, 0.6) is 0 Å². The quantitative estimate of drug-likeness (QED) is 0.749. The average molecular weight is 374 g/mol. The molecule has 0 spiro atoms. The smallest absolute Gasteiger partial charge is 0.326 e. The van der Waals surface area contributed by atoms with Crippen molar-refractivity contribution in [1.29, 1.82) is 0 Å². The Morgan fingerprint density at radius 3 is 2.04 bits per heavy atom. The third-order valence-electron chi connectivity index (χ3n) is 3.98. The van der Waals surface area contributed by atoms with Gasteiger partial charge in [0.15, 0.2) is 5.78 Å². The van der Waals surface area contributed by atoms with Crippen LogP contribution in [0.3, 0.4) is 0 Å². The van der Waals surface area contributed by atoms with Crippen molar-refractivity contribution in [2.45, 2.75) is 19.9 Å². The van der Waals surface area contributed by atoms with Crippen LogP contribution in [0.25, 0.3) is 0 Å². The van der Waals surface area contributed by atoms with Crippen LogP contribution in [-0.2, 0) is 4.79 Å². The van der Waals surface area contributed by atoms with E-state index in [4.69, 9.17) is 11.6 Å². The third kappa shape index (κ3) is 4.70. The van der Waals surface area contributed by atoms with E-state index in [9.17, 15) is 19.5 Å². The monoisotopic (exact) mass is 373 g/mol. The molecule has 2 rings (SSSR count). The fourth-order valence-corrected chi connectivity index (χ4v) is 2.83. The minimum atomic E-state index is -1.15. The number of hydrogen-bond acceptors (Lipinski definition) is 3. The van der Waals surface area contributed by atoms with Crippen LogP contribution in [0.15, 0.2) is 54.6 Å². The molecule has 2 aromatic rings. The van der Waals surface area contributed by atoms with E-state index < -0.39 is 17.9 Å². The van der Waals surface area contributed by atoms with Gasteiger partial charge in [-0.2, -0.15) is 0 Å². The number of ketones is 1. The number of nitrogens with zero attached hydrogens (tertiary/aromatic N) is 1. The molecule has 2 aromatic carbocycles. The summed E-state index contributed by atoms with van der Waals surface area (Å²) in [6.07, 6.45) is 0. The van der Waals surface area contributed by atoms with Crippen molar-refractivity contribution < 1.29 is 19.5 Å². The van der Waals surface area contributed by atoms with Gasteiger partial charge in [-0.15, -0.1) is 0 Å². The molecule has 0 aliphatic rings. The summed E-state index contributed by atoms with van der Waals surface area (Å²) in [4.78, 5) is 38.4. The molecule has 1 amide bonds. The molecule has 0 radical (unpaired) electrons. The number of rotatable bonds is 7. The Labute approximate surface area is 157 Å². The molecule has 1 atom stereocenters. The minimum Gasteiger partial charge on any atom is -0.480 e. The highest BCUT2D eigenvalue weighted by molar-refractivity contribution is 6.30. The van der Waals surface area contributed by atoms with Gasteiger partial charge in [0.1, 0.15) is 6.04 Å². The predicted octanol–water partition coefficient (Wildman–Crippen LogP) is 3.77. The number of carbonyl (C=O) groups excluding carboxylic acids is 2. The molecule has 0 aliphatic carbocycles. The summed E-state index contributed by atoms with van der Waals surface area (Å²) in [7, 11) is 0. The highest BCUT2D eigenvalue weighted by Crippen LogP contribution is 2.18. The highest BCUT2D eigenvalue weighted by atomic mass is 35.5. The van der Waals surface area contributed by atoms with Crippen molar-refractivity contribution in [3.63, 3.8) is 0 Å². The van der Waals surface area contributed by atoms with Crippen LogP contribution in [0.2, 0.25) is 5.02 Å². The van der Waals surface area contributed by atoms with Gasteiger partial charge in [0.05, 0.1) is 6.54 Å². The molecule has 0 saturated heterocycles. The number of hydrogen-bond donors (Lipinski definition) is 1. The number of halogens is 1. The Bertz CT molecular complexity index is 787. The van der Waals surface area contributed by atoms with E-state index >= 15 is 0 Å². The lowest BCUT2D eigenvalue weighted by molar-refractivity contribution is -0.143. The molecule has 0 bridgehead atoms. The molecule has 1 unspecified atom stereocenters. The summed E-state index contributed by atoms with van der Waals surface area (Å²) in [5.74, 6) is -2.36. The number of carbonyl (C=O) groups is 3. The van der Waals surface area contributed by atoms with E-state index in [0.717, 1.165) is 4.90 Å². The fourth-order valence-electron chi connectivity index (χ4n) is 2.70. The lowest BCUT2D eigenvalue weighted by Gasteiger charge is -2.31. The van der Waals surface area contributed by atoms with E-state index in [0.29, 0.717) is 10.6 Å². The van der Waals surface area contributed by atoms with Crippen LogP contribution < -0.4 is 0 Å². The maximum atomic E-state index is 12.9. The van der Waals surface area contributed by atoms with Gasteiger partial charge in [0.2, 0.25) is 0 Å². The molecule has 136 valence electrons. The van der Waals surface area contributed by atoms with E-state index in [2.05, 4.69) is 0 Å². The Morgan fingerprint density at radius 2 is 1.54 bits per heavy atom. The van der Waals surface area contributed by atoms with Crippen LogP contribution in [-0.4, -0.2) is 40.3 Å². The van der Waals surface area contributed by atoms with Gasteiger partial charge in [0, 0.05) is 16.1 Å². The van der Waals surface area contributed by atoms with Crippen LogP contribution in [0.1, 0.15) is 34.6 Å². The second-order valence-corrected chi connectivity index (χ2v) is 6.69. The summed E-state index contributed by atoms with van der Waals surface area (Å²) >= 11 is 5.85. The highest BCUT2D eigenvalue weighted by Gasteiger charge is 2.34. The number of carboxylic acids is 1. The Balaban J connectivity index is 2.38. The minimum absolute atomic E-state index is 0.280. The second kappa shape index (κ2) is 8.63. The first-order valence-electron chi connectivity index (χ1n) is 8.19. The molecule has 6 heteroatoms. The standard InChI is InChI=1S/C20H20ClNO4/c1-13(2)18(20(25)26)22(12-17(23)14-6-4-3-5-7-14)19(24)15-8-10-16(21)11-9-15/h3-11,13,18H,12H2,1-2H3,(H,25,26). The fraction of sp³-hybridized carbons (Fsp3) is 0.250. The average Bonchev–Trinajstić information content (AvgIpc) is 2.61. The van der Waals surface area contributed by atoms with E-state index in [1.54, 1.807) is 56.3 Å². The van der Waals surface area contributed by atoms with E-state index in [-0.39, 0.29) is 23.8 Å². The zero-order chi connectivity index (χ0) is 19.3. The molecule has 0 heterocycles. The SMILES string of the molecule is CC(C)C(C(=O)O)N(CC(=O)c1ccccc1)C(=O)c1ccc(Cl)cc1. The van der Waals surface area contributed by atoms with Crippen molar-refractivity contribution in [3.05, 3.63) is 70.7 Å². The van der Waals surface area contributed by atoms with Gasteiger partial charge in [-0.25, -0.2) is 4.79 Å². The summed E-state index contributed by atoms with van der Waals surface area (Å²) in [6, 6.07) is 13.5. The maximum absolute atomic E-state index is 12.9. The number of amides is 1. The van der Waals surface area contributed by atoms with Gasteiger partial charge < -0.3 is 10.0 Å². The molecule has 26 heavy (non-hydrogen) atoms. The third-order valence-corrected chi connectivity index (χ3v) is 4.23. The zero-order valence-corrected chi connectivity index (χ0v) is 15.3. The Morgan fingerprint density at radius 1 is 0.962 bits per heavy atom. The van der Waals surface area contributed by atoms with Gasteiger partial charge in [0.25, 0.3) is 5.91 Å². The van der Waals surface area contributed by atoms with Crippen molar-refractivity contribution >= 4 is 29.3 Å². The molecule has 5 nitrogen and oxygen atoms in total.